The highest BCUT2D eigenvalue weighted by molar-refractivity contribution is 7.80. The highest BCUT2D eigenvalue weighted by atomic mass is 32.1. The Bertz CT molecular complexity index is 674. The Kier molecular flexibility index (Phi) is 12.1. The molecule has 0 aliphatic heterocycles. The highest BCUT2D eigenvalue weighted by Crippen LogP contribution is 2.03. The van der Waals surface area contributed by atoms with E-state index in [2.05, 4.69) is 33.9 Å². The number of carbonyl (C=O) groups excluding carboxylic acids is 4. The Hall–Kier alpha value is -2.38. The average Bonchev–Trinajstić information content (AvgIpc) is 2.67. The molecule has 6 atom stereocenters. The molecule has 4 amide bonds. The van der Waals surface area contributed by atoms with Gasteiger partial charge in [0.15, 0.2) is 0 Å². The molecular formula is C18H33N5O7S. The first-order valence-corrected chi connectivity index (χ1v) is 10.3. The van der Waals surface area contributed by atoms with Gasteiger partial charge in [0.1, 0.15) is 24.2 Å². The van der Waals surface area contributed by atoms with Crippen molar-refractivity contribution in [2.75, 3.05) is 5.75 Å². The molecular weight excluding hydrogens is 430 g/mol. The van der Waals surface area contributed by atoms with E-state index in [1.165, 1.54) is 20.8 Å². The maximum atomic E-state index is 12.5. The molecule has 0 aromatic rings. The van der Waals surface area contributed by atoms with Gasteiger partial charge in [0.25, 0.3) is 0 Å². The number of carboxylic acid groups (broad SMARTS) is 1. The number of amides is 4. The molecule has 0 fully saturated rings. The predicted molar refractivity (Wildman–Crippen MR) is 115 cm³/mol. The summed E-state index contributed by atoms with van der Waals surface area (Å²) in [7, 11) is 0. The zero-order chi connectivity index (χ0) is 24.5. The number of hydrogen-bond donors (Lipinski definition) is 8. The number of aliphatic carboxylic acids is 1. The number of aliphatic hydroxyl groups is 1. The summed E-state index contributed by atoms with van der Waals surface area (Å²) >= 11 is 3.89. The molecule has 0 aliphatic rings. The van der Waals surface area contributed by atoms with E-state index in [0.717, 1.165) is 0 Å². The van der Waals surface area contributed by atoms with Crippen LogP contribution in [0, 0.1) is 5.92 Å². The summed E-state index contributed by atoms with van der Waals surface area (Å²) < 4.78 is 0. The minimum atomic E-state index is -1.43. The molecule has 12 nitrogen and oxygen atoms in total. The monoisotopic (exact) mass is 463 g/mol. The minimum absolute atomic E-state index is 0.0678. The first-order valence-electron chi connectivity index (χ1n) is 9.71. The van der Waals surface area contributed by atoms with Crippen LogP contribution in [-0.4, -0.2) is 81.9 Å². The second-order valence-electron chi connectivity index (χ2n) is 7.54. The third-order valence-corrected chi connectivity index (χ3v) is 4.72. The molecule has 0 unspecified atom stereocenters. The molecule has 0 spiro atoms. The van der Waals surface area contributed by atoms with E-state index >= 15 is 0 Å². The van der Waals surface area contributed by atoms with Gasteiger partial charge < -0.3 is 37.2 Å². The van der Waals surface area contributed by atoms with E-state index in [9.17, 15) is 29.1 Å². The molecule has 0 aromatic carbocycles. The Morgan fingerprint density at radius 1 is 0.774 bits per heavy atom. The van der Waals surface area contributed by atoms with Gasteiger partial charge in [0.2, 0.25) is 23.6 Å². The summed E-state index contributed by atoms with van der Waals surface area (Å²) in [6.45, 7) is 7.18. The Morgan fingerprint density at radius 2 is 1.19 bits per heavy atom. The predicted octanol–water partition coefficient (Wildman–Crippen LogP) is -2.66. The van der Waals surface area contributed by atoms with Crippen molar-refractivity contribution < 1.29 is 34.2 Å². The number of carboxylic acids is 1. The van der Waals surface area contributed by atoms with Crippen LogP contribution in [0.25, 0.3) is 0 Å². The number of nitrogens with one attached hydrogen (secondary N) is 4. The largest absolute Gasteiger partial charge is 0.480 e. The Balaban J connectivity index is 5.04. The molecule has 0 radical (unpaired) electrons. The standard InChI is InChI=1S/C18H33N5O7S/c1-7(2)12(18(29)30)22-14(25)9(4)21-17(28)13(10(5)24)23-15(26)8(3)20-16(27)11(19)6-31/h7-13,24,31H,6,19H2,1-5H3,(H,20,27)(H,21,28)(H,22,25)(H,23,26)(H,29,30)/t8-,9-,10+,11-,12-,13-/m0/s1. The molecule has 0 bridgehead atoms. The number of rotatable bonds is 12. The number of hydrogen-bond acceptors (Lipinski definition) is 8. The highest BCUT2D eigenvalue weighted by Gasteiger charge is 2.31. The molecule has 0 aromatic heterocycles. The van der Waals surface area contributed by atoms with Crippen LogP contribution >= 0.6 is 12.6 Å². The SMILES string of the molecule is CC(C)[C@H](NC(=O)[C@H](C)NC(=O)[C@@H](NC(=O)[C@H](C)NC(=O)[C@@H](N)CS)[C@@H](C)O)C(=O)O. The summed E-state index contributed by atoms with van der Waals surface area (Å²) in [6.07, 6.45) is -1.33. The van der Waals surface area contributed by atoms with Gasteiger partial charge in [-0.1, -0.05) is 13.8 Å². The summed E-state index contributed by atoms with van der Waals surface area (Å²) in [5, 5.41) is 28.3. The fourth-order valence-electron chi connectivity index (χ4n) is 2.31. The summed E-state index contributed by atoms with van der Waals surface area (Å²) in [5.74, 6) is -4.52. The third kappa shape index (κ3) is 9.53. The molecule has 178 valence electrons. The van der Waals surface area contributed by atoms with Crippen molar-refractivity contribution >= 4 is 42.2 Å². The topological polar surface area (TPSA) is 200 Å². The quantitative estimate of drug-likeness (QED) is 0.143. The molecule has 0 rings (SSSR count). The lowest BCUT2D eigenvalue weighted by atomic mass is 10.0. The smallest absolute Gasteiger partial charge is 0.326 e. The molecule has 13 heteroatoms. The van der Waals surface area contributed by atoms with Crippen LogP contribution in [0.2, 0.25) is 0 Å². The normalized spacial score (nSPS) is 16.8. The van der Waals surface area contributed by atoms with Crippen LogP contribution < -0.4 is 27.0 Å². The maximum Gasteiger partial charge on any atom is 0.326 e. The van der Waals surface area contributed by atoms with Crippen LogP contribution in [0.4, 0.5) is 0 Å². The third-order valence-electron chi connectivity index (χ3n) is 4.33. The van der Waals surface area contributed by atoms with Gasteiger partial charge in [-0.05, 0) is 26.7 Å². The van der Waals surface area contributed by atoms with Gasteiger partial charge in [-0.3, -0.25) is 19.2 Å². The molecule has 0 heterocycles. The second kappa shape index (κ2) is 13.1. The lowest BCUT2D eigenvalue weighted by molar-refractivity contribution is -0.143. The summed E-state index contributed by atoms with van der Waals surface area (Å²) in [4.78, 5) is 60.0. The van der Waals surface area contributed by atoms with E-state index in [1.54, 1.807) is 13.8 Å². The Morgan fingerprint density at radius 3 is 1.55 bits per heavy atom. The van der Waals surface area contributed by atoms with Crippen molar-refractivity contribution in [1.82, 2.24) is 21.3 Å². The maximum absolute atomic E-state index is 12.5. The van der Waals surface area contributed by atoms with Crippen LogP contribution in [0.3, 0.4) is 0 Å². The summed E-state index contributed by atoms with van der Waals surface area (Å²) in [5.41, 5.74) is 5.52. The van der Waals surface area contributed by atoms with Crippen molar-refractivity contribution in [2.45, 2.75) is 70.9 Å². The Labute approximate surface area is 186 Å². The van der Waals surface area contributed by atoms with Crippen molar-refractivity contribution in [3.05, 3.63) is 0 Å². The van der Waals surface area contributed by atoms with E-state index < -0.39 is 65.9 Å². The van der Waals surface area contributed by atoms with Gasteiger partial charge in [-0.2, -0.15) is 12.6 Å². The van der Waals surface area contributed by atoms with E-state index in [-0.39, 0.29) is 11.7 Å². The van der Waals surface area contributed by atoms with Crippen LogP contribution in [0.1, 0.15) is 34.6 Å². The van der Waals surface area contributed by atoms with Crippen LogP contribution in [-0.2, 0) is 24.0 Å². The second-order valence-corrected chi connectivity index (χ2v) is 7.91. The van der Waals surface area contributed by atoms with Crippen molar-refractivity contribution in [1.29, 1.82) is 0 Å². The number of aliphatic hydroxyl groups excluding tert-OH is 1. The van der Waals surface area contributed by atoms with E-state index in [4.69, 9.17) is 10.8 Å². The average molecular weight is 464 g/mol. The van der Waals surface area contributed by atoms with Crippen molar-refractivity contribution in [3.8, 4) is 0 Å². The van der Waals surface area contributed by atoms with Crippen LogP contribution in [0.15, 0.2) is 0 Å². The van der Waals surface area contributed by atoms with Gasteiger partial charge in [0.05, 0.1) is 12.1 Å². The van der Waals surface area contributed by atoms with E-state index in [1.807, 2.05) is 0 Å². The molecule has 0 saturated carbocycles. The molecule has 8 N–H and O–H groups in total. The van der Waals surface area contributed by atoms with Gasteiger partial charge in [-0.25, -0.2) is 4.79 Å². The first kappa shape index (κ1) is 28.6. The van der Waals surface area contributed by atoms with Gasteiger partial charge in [0, 0.05) is 5.75 Å². The van der Waals surface area contributed by atoms with Crippen molar-refractivity contribution in [3.63, 3.8) is 0 Å². The zero-order valence-electron chi connectivity index (χ0n) is 18.2. The number of nitrogens with two attached hydrogens (primary N) is 1. The lowest BCUT2D eigenvalue weighted by Gasteiger charge is -2.26. The van der Waals surface area contributed by atoms with Gasteiger partial charge in [-0.15, -0.1) is 0 Å². The van der Waals surface area contributed by atoms with Crippen LogP contribution in [0.5, 0.6) is 0 Å². The molecule has 0 saturated heterocycles. The number of carbonyl (C=O) groups is 5. The molecule has 31 heavy (non-hydrogen) atoms. The number of thiol groups is 1. The van der Waals surface area contributed by atoms with Crippen molar-refractivity contribution in [2.24, 2.45) is 11.7 Å². The zero-order valence-corrected chi connectivity index (χ0v) is 19.1. The first-order chi connectivity index (χ1) is 14.2. The minimum Gasteiger partial charge on any atom is -0.480 e. The van der Waals surface area contributed by atoms with E-state index in [0.29, 0.717) is 0 Å². The fourth-order valence-corrected chi connectivity index (χ4v) is 2.48. The lowest BCUT2D eigenvalue weighted by Crippen LogP contribution is -2.60. The fraction of sp³-hybridized carbons (Fsp3) is 0.722. The van der Waals surface area contributed by atoms with Gasteiger partial charge >= 0.3 is 5.97 Å². The summed E-state index contributed by atoms with van der Waals surface area (Å²) in [6, 6.07) is -5.70. The molecule has 0 aliphatic carbocycles.